The number of carbonyl (C=O) groups excluding carboxylic acids is 1. The van der Waals surface area contributed by atoms with Crippen molar-refractivity contribution in [2.24, 2.45) is 0 Å². The van der Waals surface area contributed by atoms with E-state index < -0.39 is 11.0 Å². The molecule has 9 heavy (non-hydrogen) atoms. The molecule has 0 saturated heterocycles. The predicted molar refractivity (Wildman–Crippen MR) is 40.3 cm³/mol. The molecule has 0 saturated carbocycles. The van der Waals surface area contributed by atoms with E-state index >= 15 is 0 Å². The average Bonchev–Trinajstić information content (AvgIpc) is 1.89. The standard InChI is InChI=1S/CHBClO.CH2BO2.CH4/c2*2-1(3)4;/h2H;2H,(H,3,4);1H4/i2*2D;. The van der Waals surface area contributed by atoms with Crippen LogP contribution in [0.2, 0.25) is 0 Å². The van der Waals surface area contributed by atoms with Gasteiger partial charge < -0.3 is 5.11 Å². The molecule has 0 amide bonds. The van der Waals surface area contributed by atoms with Crippen LogP contribution in [0, 0.1) is 0 Å². The molecular weight excluding hydrogens is 141 g/mol. The second kappa shape index (κ2) is 10.5. The molecule has 0 aromatic heterocycles. The number of rotatable bonds is 2. The lowest BCUT2D eigenvalue weighted by atomic mass is 10.2. The lowest BCUT2D eigenvalue weighted by Crippen LogP contribution is -1.83. The van der Waals surface area contributed by atoms with Crippen LogP contribution in [-0.2, 0) is 0 Å². The fourth-order valence-electron chi connectivity index (χ4n) is 0. The summed E-state index contributed by atoms with van der Waals surface area (Å²) in [7, 11) is 0.877. The van der Waals surface area contributed by atoms with Crippen LogP contribution in [0.5, 0.6) is 0 Å². The van der Waals surface area contributed by atoms with Gasteiger partial charge in [-0.2, -0.15) is 0 Å². The van der Waals surface area contributed by atoms with Crippen molar-refractivity contribution in [1.82, 2.24) is 0 Å². The zero-order valence-corrected chi connectivity index (χ0v) is 4.55. The van der Waals surface area contributed by atoms with Crippen molar-refractivity contribution in [3.63, 3.8) is 0 Å². The highest BCUT2D eigenvalue weighted by molar-refractivity contribution is 6.91. The third-order valence-corrected chi connectivity index (χ3v) is 0. The highest BCUT2D eigenvalue weighted by Crippen LogP contribution is 1.66. The molecule has 0 atom stereocenters. The first-order chi connectivity index (χ1) is 4.54. The summed E-state index contributed by atoms with van der Waals surface area (Å²) in [5.74, 6) is -1.20. The van der Waals surface area contributed by atoms with Crippen molar-refractivity contribution in [3.05, 3.63) is 0 Å². The number of carboxylic acid groups (broad SMARTS) is 1. The largest absolute Gasteiger partial charge is 0.490 e. The molecule has 0 fully saturated rings. The van der Waals surface area contributed by atoms with Gasteiger partial charge in [-0.25, -0.2) is 0 Å². The van der Waals surface area contributed by atoms with E-state index in [2.05, 4.69) is 11.6 Å². The molecule has 0 aliphatic carbocycles. The van der Waals surface area contributed by atoms with E-state index in [1.165, 1.54) is 0 Å². The molecule has 2 radical (unpaired) electrons. The third-order valence-electron chi connectivity index (χ3n) is 0. The molecule has 0 unspecified atom stereocenters. The minimum Gasteiger partial charge on any atom is -0.490 e. The van der Waals surface area contributed by atoms with Gasteiger partial charge in [0.15, 0.2) is 5.14 Å². The van der Waals surface area contributed by atoms with Crippen molar-refractivity contribution < 1.29 is 14.7 Å². The Morgan fingerprint density at radius 2 is 1.78 bits per heavy atom. The van der Waals surface area contributed by atoms with Crippen LogP contribution in [0.25, 0.3) is 0 Å². The maximum atomic E-state index is 9.33. The SMILES string of the molecule is C.[2H][B]C(=O)Cl.[2H][B]C(=O)O. The summed E-state index contributed by atoms with van der Waals surface area (Å²) in [6.07, 6.45) is 0. The summed E-state index contributed by atoms with van der Waals surface area (Å²) in [6, 6.07) is 0. The molecule has 0 aromatic carbocycles. The van der Waals surface area contributed by atoms with Gasteiger partial charge in [0.1, 0.15) is 0 Å². The van der Waals surface area contributed by atoms with Crippen LogP contribution in [-0.4, -0.2) is 34.4 Å². The van der Waals surface area contributed by atoms with Crippen LogP contribution < -0.4 is 0 Å². The highest BCUT2D eigenvalue weighted by Gasteiger charge is 1.68. The van der Waals surface area contributed by atoms with Crippen LogP contribution in [0.4, 0.5) is 9.59 Å². The van der Waals surface area contributed by atoms with Gasteiger partial charge in [-0.05, 0) is 2.67 Å². The second-order valence-electron chi connectivity index (χ2n) is 0.642. The molecule has 6 heteroatoms. The molecule has 0 rings (SSSR count). The Labute approximate surface area is 63.9 Å². The van der Waals surface area contributed by atoms with Crippen LogP contribution in [0.15, 0.2) is 0 Å². The van der Waals surface area contributed by atoms with Crippen LogP contribution >= 0.6 is 11.6 Å². The number of hydrogen-bond acceptors (Lipinski definition) is 2. The lowest BCUT2D eigenvalue weighted by molar-refractivity contribution is 0.220. The maximum absolute atomic E-state index is 9.33. The van der Waals surface area contributed by atoms with E-state index in [0.29, 0.717) is 15.6 Å². The first-order valence-electron chi connectivity index (χ1n) is 2.55. The predicted octanol–water partition coefficient (Wildman–Crippen LogP) is 0.447. The first kappa shape index (κ1) is 8.56. The number of hydrogen-bond donors (Lipinski definition) is 1. The van der Waals surface area contributed by atoms with Crippen molar-refractivity contribution in [3.8, 4) is 0 Å². The summed E-state index contributed by atoms with van der Waals surface area (Å²) in [6.45, 7) is 0. The smallest absolute Gasteiger partial charge is 0.239 e. The molecule has 0 aliphatic rings. The zero-order valence-electron chi connectivity index (χ0n) is 5.80. The molecule has 0 heterocycles. The molecule has 1 N–H and O–H groups in total. The third kappa shape index (κ3) is 1210. The van der Waals surface area contributed by atoms with Crippen molar-refractivity contribution in [2.75, 3.05) is 0 Å². The Hall–Kier alpha value is -0.440. The van der Waals surface area contributed by atoms with E-state index in [4.69, 9.17) is 12.6 Å². The summed E-state index contributed by atoms with van der Waals surface area (Å²) in [5, 5.41) is 6.75. The van der Waals surface area contributed by atoms with Gasteiger partial charge in [0.05, 0.1) is 0 Å². The second-order valence-corrected chi connectivity index (χ2v) is 1.01. The topological polar surface area (TPSA) is 54.4 Å². The minimum atomic E-state index is -1.20. The quantitative estimate of drug-likeness (QED) is 0.459. The molecular formula is C3H7B2ClO3. The van der Waals surface area contributed by atoms with Gasteiger partial charge in [0, 0.05) is 0 Å². The van der Waals surface area contributed by atoms with Gasteiger partial charge in [0.2, 0.25) is 21.5 Å². The van der Waals surface area contributed by atoms with E-state index in [1.807, 2.05) is 0 Å². The summed E-state index contributed by atoms with van der Waals surface area (Å²) in [5.41, 5.74) is 0. The monoisotopic (exact) mass is 150 g/mol. The van der Waals surface area contributed by atoms with Crippen molar-refractivity contribution in [2.45, 2.75) is 7.43 Å². The van der Waals surface area contributed by atoms with Gasteiger partial charge >= 0.3 is 0 Å². The molecule has 50 valence electrons. The normalized spacial score (nSPS) is 7.67. The van der Waals surface area contributed by atoms with E-state index in [9.17, 15) is 4.79 Å². The first-order valence-corrected chi connectivity index (χ1v) is 1.78. The van der Waals surface area contributed by atoms with E-state index in [0.717, 1.165) is 0 Å². The summed E-state index contributed by atoms with van der Waals surface area (Å²) in [4.78, 5) is 18.5. The lowest BCUT2D eigenvalue weighted by Gasteiger charge is -1.59. The molecule has 0 bridgehead atoms. The fourth-order valence-corrected chi connectivity index (χ4v) is 0. The van der Waals surface area contributed by atoms with Gasteiger partial charge in [-0.1, -0.05) is 19.0 Å². The minimum absolute atomic E-state index is 0. The fraction of sp³-hybridized carbons (Fsp3) is 0.333. The Morgan fingerprint density at radius 3 is 1.78 bits per heavy atom. The Kier molecular flexibility index (Phi) is 10.0. The molecule has 0 spiro atoms. The number of carbonyl (C=O) groups is 2. The van der Waals surface area contributed by atoms with Crippen molar-refractivity contribution in [1.29, 1.82) is 2.67 Å². The van der Waals surface area contributed by atoms with E-state index in [-0.39, 0.29) is 7.43 Å². The Balaban J connectivity index is -0.000000107. The Bertz CT molecular complexity index is 109. The van der Waals surface area contributed by atoms with Gasteiger partial charge in [-0.3, -0.25) is 9.59 Å². The maximum Gasteiger partial charge on any atom is 0.239 e. The summed E-state index contributed by atoms with van der Waals surface area (Å²) >= 11 is 4.58. The Morgan fingerprint density at radius 1 is 1.56 bits per heavy atom. The average molecular weight is 150 g/mol. The zero-order chi connectivity index (χ0) is 8.57. The highest BCUT2D eigenvalue weighted by atomic mass is 35.5. The molecule has 0 aromatic rings. The van der Waals surface area contributed by atoms with Gasteiger partial charge in [0.25, 0.3) is 0 Å². The molecule has 3 nitrogen and oxygen atoms in total. The number of halogens is 1. The van der Waals surface area contributed by atoms with Gasteiger partial charge in [-0.15, -0.1) is 0 Å². The van der Waals surface area contributed by atoms with E-state index in [1.54, 1.807) is 0 Å². The molecule has 0 aliphatic heterocycles. The van der Waals surface area contributed by atoms with Crippen LogP contribution in [0.1, 0.15) is 7.43 Å². The van der Waals surface area contributed by atoms with Crippen LogP contribution in [0.3, 0.4) is 0 Å². The van der Waals surface area contributed by atoms with Crippen molar-refractivity contribution >= 4 is 38.2 Å². The summed E-state index contributed by atoms with van der Waals surface area (Å²) < 4.78 is 12.0.